The molecule has 0 radical (unpaired) electrons. The molecule has 1 aliphatic rings. The first-order valence-electron chi connectivity index (χ1n) is 6.38. The van der Waals surface area contributed by atoms with Crippen LogP contribution in [0.3, 0.4) is 0 Å². The minimum absolute atomic E-state index is 0.0601. The lowest BCUT2D eigenvalue weighted by Crippen LogP contribution is -2.44. The smallest absolute Gasteiger partial charge is 0.326 e. The zero-order valence-electron chi connectivity index (χ0n) is 11.4. The number of hydrogen-bond donors (Lipinski definition) is 2. The Labute approximate surface area is 116 Å². The van der Waals surface area contributed by atoms with Crippen LogP contribution in [-0.2, 0) is 4.79 Å². The van der Waals surface area contributed by atoms with Gasteiger partial charge in [0.1, 0.15) is 17.5 Å². The maximum Gasteiger partial charge on any atom is 0.326 e. The summed E-state index contributed by atoms with van der Waals surface area (Å²) >= 11 is 0. The van der Waals surface area contributed by atoms with Crippen LogP contribution < -0.4 is 4.74 Å². The van der Waals surface area contributed by atoms with Crippen LogP contribution in [0.15, 0.2) is 18.2 Å². The van der Waals surface area contributed by atoms with Gasteiger partial charge in [-0.1, -0.05) is 0 Å². The summed E-state index contributed by atoms with van der Waals surface area (Å²) in [5.74, 6) is -1.30. The van der Waals surface area contributed by atoms with Crippen molar-refractivity contribution in [2.75, 3.05) is 7.11 Å². The molecule has 1 amide bonds. The van der Waals surface area contributed by atoms with Gasteiger partial charge >= 0.3 is 5.97 Å². The first-order chi connectivity index (χ1) is 9.45. The van der Waals surface area contributed by atoms with Crippen LogP contribution in [-0.4, -0.2) is 46.2 Å². The molecule has 1 fully saturated rings. The molecule has 0 bridgehead atoms. The molecular formula is C14H17NO5. The number of ether oxygens (including phenoxy) is 1. The lowest BCUT2D eigenvalue weighted by Gasteiger charge is -2.26. The van der Waals surface area contributed by atoms with Crippen LogP contribution in [0.25, 0.3) is 0 Å². The Morgan fingerprint density at radius 1 is 1.40 bits per heavy atom. The highest BCUT2D eigenvalue weighted by atomic mass is 16.5. The van der Waals surface area contributed by atoms with Crippen molar-refractivity contribution in [3.05, 3.63) is 23.8 Å². The quantitative estimate of drug-likeness (QED) is 0.852. The summed E-state index contributed by atoms with van der Waals surface area (Å²) < 4.78 is 4.96. The minimum atomic E-state index is -1.06. The molecule has 1 aromatic rings. The number of rotatable bonds is 5. The molecule has 2 rings (SSSR count). The summed E-state index contributed by atoms with van der Waals surface area (Å²) in [5, 5.41) is 19.0. The van der Waals surface area contributed by atoms with E-state index in [1.807, 2.05) is 0 Å². The first kappa shape index (κ1) is 14.2. The van der Waals surface area contributed by atoms with Crippen molar-refractivity contribution in [1.29, 1.82) is 0 Å². The zero-order valence-corrected chi connectivity index (χ0v) is 11.4. The van der Waals surface area contributed by atoms with E-state index in [9.17, 15) is 14.7 Å². The molecule has 6 nitrogen and oxygen atoms in total. The molecule has 20 heavy (non-hydrogen) atoms. The highest BCUT2D eigenvalue weighted by Gasteiger charge is 2.39. The molecular weight excluding hydrogens is 262 g/mol. The minimum Gasteiger partial charge on any atom is -0.507 e. The SMILES string of the molecule is COc1ccc(C(=O)N(C2CC2)C(C)C(=O)O)c(O)c1. The average molecular weight is 279 g/mol. The van der Waals surface area contributed by atoms with E-state index in [1.54, 1.807) is 6.07 Å². The van der Waals surface area contributed by atoms with Crippen LogP contribution >= 0.6 is 0 Å². The predicted octanol–water partition coefficient (Wildman–Crippen LogP) is 1.48. The van der Waals surface area contributed by atoms with Gasteiger partial charge in [0.15, 0.2) is 0 Å². The van der Waals surface area contributed by atoms with Gasteiger partial charge in [-0.3, -0.25) is 4.79 Å². The molecule has 0 aromatic heterocycles. The second-order valence-electron chi connectivity index (χ2n) is 4.84. The Balaban J connectivity index is 2.30. The average Bonchev–Trinajstić information content (AvgIpc) is 3.22. The number of methoxy groups -OCH3 is 1. The number of carboxylic acid groups (broad SMARTS) is 1. The third kappa shape index (κ3) is 2.68. The molecule has 0 spiro atoms. The highest BCUT2D eigenvalue weighted by molar-refractivity contribution is 5.99. The number of amides is 1. The molecule has 0 aliphatic heterocycles. The number of hydrogen-bond acceptors (Lipinski definition) is 4. The van der Waals surface area contributed by atoms with Crippen molar-refractivity contribution in [1.82, 2.24) is 4.90 Å². The fourth-order valence-corrected chi connectivity index (χ4v) is 2.09. The third-order valence-electron chi connectivity index (χ3n) is 3.38. The number of carboxylic acids is 1. The van der Waals surface area contributed by atoms with Crippen molar-refractivity contribution in [2.45, 2.75) is 31.8 Å². The molecule has 6 heteroatoms. The number of phenolic OH excluding ortho intramolecular Hbond substituents is 1. The van der Waals surface area contributed by atoms with E-state index >= 15 is 0 Å². The topological polar surface area (TPSA) is 87.1 Å². The number of carbonyl (C=O) groups excluding carboxylic acids is 1. The monoisotopic (exact) mass is 279 g/mol. The Morgan fingerprint density at radius 2 is 2.05 bits per heavy atom. The van der Waals surface area contributed by atoms with Gasteiger partial charge in [-0.25, -0.2) is 4.79 Å². The fourth-order valence-electron chi connectivity index (χ4n) is 2.09. The van der Waals surface area contributed by atoms with Gasteiger partial charge in [-0.2, -0.15) is 0 Å². The number of phenols is 1. The van der Waals surface area contributed by atoms with Gasteiger partial charge in [0.2, 0.25) is 0 Å². The zero-order chi connectivity index (χ0) is 14.9. The molecule has 0 heterocycles. The normalized spacial score (nSPS) is 15.5. The number of benzene rings is 1. The Morgan fingerprint density at radius 3 is 2.50 bits per heavy atom. The Bertz CT molecular complexity index is 538. The van der Waals surface area contributed by atoms with E-state index in [0.717, 1.165) is 12.8 Å². The Kier molecular flexibility index (Phi) is 3.83. The molecule has 1 atom stereocenters. The molecule has 1 aliphatic carbocycles. The van der Waals surface area contributed by atoms with Crippen LogP contribution in [0.2, 0.25) is 0 Å². The van der Waals surface area contributed by atoms with E-state index in [1.165, 1.54) is 31.1 Å². The number of carbonyl (C=O) groups is 2. The second-order valence-corrected chi connectivity index (χ2v) is 4.84. The lowest BCUT2D eigenvalue weighted by molar-refractivity contribution is -0.141. The number of aliphatic carboxylic acids is 1. The van der Waals surface area contributed by atoms with E-state index in [0.29, 0.717) is 5.75 Å². The summed E-state index contributed by atoms with van der Waals surface area (Å²) in [7, 11) is 1.46. The summed E-state index contributed by atoms with van der Waals surface area (Å²) in [6.45, 7) is 1.47. The largest absolute Gasteiger partial charge is 0.507 e. The summed E-state index contributed by atoms with van der Waals surface area (Å²) in [5.41, 5.74) is 0.0887. The number of nitrogens with zero attached hydrogens (tertiary/aromatic N) is 1. The lowest BCUT2D eigenvalue weighted by atomic mass is 10.1. The highest BCUT2D eigenvalue weighted by Crippen LogP contribution is 2.32. The summed E-state index contributed by atoms with van der Waals surface area (Å²) in [6.07, 6.45) is 1.58. The molecule has 1 aromatic carbocycles. The van der Waals surface area contributed by atoms with Gasteiger partial charge < -0.3 is 19.8 Å². The van der Waals surface area contributed by atoms with Gasteiger partial charge in [0, 0.05) is 12.1 Å². The van der Waals surface area contributed by atoms with Crippen LogP contribution in [0.4, 0.5) is 0 Å². The van der Waals surface area contributed by atoms with Crippen molar-refractivity contribution in [3.8, 4) is 11.5 Å². The molecule has 0 saturated heterocycles. The van der Waals surface area contributed by atoms with Crippen LogP contribution in [0.1, 0.15) is 30.1 Å². The summed E-state index contributed by atoms with van der Waals surface area (Å²) in [4.78, 5) is 24.9. The van der Waals surface area contributed by atoms with E-state index < -0.39 is 17.9 Å². The van der Waals surface area contributed by atoms with Gasteiger partial charge in [-0.15, -0.1) is 0 Å². The maximum absolute atomic E-state index is 12.5. The fraction of sp³-hybridized carbons (Fsp3) is 0.429. The predicted molar refractivity (Wildman–Crippen MR) is 70.9 cm³/mol. The first-order valence-corrected chi connectivity index (χ1v) is 6.38. The van der Waals surface area contributed by atoms with Crippen molar-refractivity contribution >= 4 is 11.9 Å². The van der Waals surface area contributed by atoms with Crippen molar-refractivity contribution in [3.63, 3.8) is 0 Å². The van der Waals surface area contributed by atoms with Crippen molar-refractivity contribution < 1.29 is 24.5 Å². The molecule has 1 saturated carbocycles. The van der Waals surface area contributed by atoms with Gasteiger partial charge in [0.05, 0.1) is 12.7 Å². The maximum atomic E-state index is 12.5. The molecule has 108 valence electrons. The van der Waals surface area contributed by atoms with E-state index in [4.69, 9.17) is 9.84 Å². The summed E-state index contributed by atoms with van der Waals surface area (Å²) in [6, 6.07) is 3.36. The van der Waals surface area contributed by atoms with Gasteiger partial charge in [-0.05, 0) is 31.9 Å². The van der Waals surface area contributed by atoms with Crippen LogP contribution in [0.5, 0.6) is 11.5 Å². The van der Waals surface area contributed by atoms with Crippen LogP contribution in [0, 0.1) is 0 Å². The van der Waals surface area contributed by atoms with E-state index in [-0.39, 0.29) is 17.4 Å². The van der Waals surface area contributed by atoms with Gasteiger partial charge in [0.25, 0.3) is 5.91 Å². The Hall–Kier alpha value is -2.24. The number of aromatic hydroxyl groups is 1. The molecule has 2 N–H and O–H groups in total. The standard InChI is InChI=1S/C14H17NO5/c1-8(14(18)19)15(9-3-4-9)13(17)11-6-5-10(20-2)7-12(11)16/h5-9,16H,3-4H2,1-2H3,(H,18,19). The van der Waals surface area contributed by atoms with Crippen molar-refractivity contribution in [2.24, 2.45) is 0 Å². The molecule has 1 unspecified atom stereocenters. The second kappa shape index (κ2) is 5.40. The third-order valence-corrected chi connectivity index (χ3v) is 3.38. The van der Waals surface area contributed by atoms with E-state index in [2.05, 4.69) is 0 Å².